The molecule has 2 aromatic rings. The van der Waals surface area contributed by atoms with Crippen molar-refractivity contribution < 1.29 is 17.6 Å². The Hall–Kier alpha value is -2.44. The highest BCUT2D eigenvalue weighted by molar-refractivity contribution is 7.91. The molecule has 6 rings (SSSR count). The summed E-state index contributed by atoms with van der Waals surface area (Å²) in [7, 11) is -4.12. The largest absolute Gasteiger partial charge is 0.444 e. The van der Waals surface area contributed by atoms with Gasteiger partial charge in [-0.05, 0) is 50.7 Å². The zero-order valence-corrected chi connectivity index (χ0v) is 27.3. The standard InChI is InChI=1S/C33H45N3O4SSi/c1-32(14-20-42(2,3)21-15-32)31-35-29(24-8-10-25(11-9-24)36-16-18-41(38,39)19-17-36)30(40-31)27-7-5-4-6-26(27)28(37)22-33(23-34)12-13-33/h8-11,26-27H,4-7,12-22H2,1-3H3/t26-,27-/m1/s1. The molecular formula is C33H45N3O4SSi. The summed E-state index contributed by atoms with van der Waals surface area (Å²) < 4.78 is 30.7. The molecule has 4 fully saturated rings. The van der Waals surface area contributed by atoms with E-state index < -0.39 is 23.3 Å². The summed E-state index contributed by atoms with van der Waals surface area (Å²) in [5.74, 6) is 2.10. The SMILES string of the molecule is CC1(c2nc(-c3ccc(N4CCS(=O)(=O)CC4)cc3)c([C@@H]3CCCC[C@H]3C(=O)CC3(C#N)CC3)o2)CC[Si](C)(C)CC1. The number of oxazole rings is 1. The van der Waals surface area contributed by atoms with Crippen LogP contribution in [0.5, 0.6) is 0 Å². The van der Waals surface area contributed by atoms with E-state index in [-0.39, 0.29) is 34.5 Å². The van der Waals surface area contributed by atoms with Crippen molar-refractivity contribution in [1.29, 1.82) is 5.26 Å². The third-order valence-electron chi connectivity index (χ3n) is 10.8. The van der Waals surface area contributed by atoms with Gasteiger partial charge in [0.15, 0.2) is 9.84 Å². The van der Waals surface area contributed by atoms with Gasteiger partial charge in [0.25, 0.3) is 0 Å². The summed E-state index contributed by atoms with van der Waals surface area (Å²) in [6.07, 6.45) is 8.01. The van der Waals surface area contributed by atoms with Crippen LogP contribution >= 0.6 is 0 Å². The van der Waals surface area contributed by atoms with Crippen LogP contribution < -0.4 is 4.90 Å². The number of sulfone groups is 1. The number of ketones is 1. The Morgan fingerprint density at radius 3 is 2.33 bits per heavy atom. The van der Waals surface area contributed by atoms with E-state index >= 15 is 0 Å². The van der Waals surface area contributed by atoms with Crippen LogP contribution in [0.1, 0.15) is 82.3 Å². The monoisotopic (exact) mass is 607 g/mol. The fourth-order valence-corrected chi connectivity index (χ4v) is 11.2. The summed E-state index contributed by atoms with van der Waals surface area (Å²) in [5, 5.41) is 9.67. The lowest BCUT2D eigenvalue weighted by Crippen LogP contribution is -2.40. The Bertz CT molecular complexity index is 1460. The number of rotatable bonds is 7. The maximum Gasteiger partial charge on any atom is 0.200 e. The molecule has 226 valence electrons. The van der Waals surface area contributed by atoms with Crippen LogP contribution in [-0.2, 0) is 20.0 Å². The second kappa shape index (κ2) is 10.9. The smallest absolute Gasteiger partial charge is 0.200 e. The Labute approximate surface area is 252 Å². The summed E-state index contributed by atoms with van der Waals surface area (Å²) in [6, 6.07) is 13.2. The molecule has 3 heterocycles. The lowest BCUT2D eigenvalue weighted by molar-refractivity contribution is -0.125. The molecule has 2 aliphatic carbocycles. The van der Waals surface area contributed by atoms with Crippen LogP contribution in [0.4, 0.5) is 5.69 Å². The zero-order valence-electron chi connectivity index (χ0n) is 25.5. The lowest BCUT2D eigenvalue weighted by Gasteiger charge is -2.38. The summed E-state index contributed by atoms with van der Waals surface area (Å²) in [5.41, 5.74) is 2.30. The van der Waals surface area contributed by atoms with Crippen LogP contribution in [0, 0.1) is 22.7 Å². The van der Waals surface area contributed by atoms with Crippen LogP contribution in [-0.4, -0.2) is 51.9 Å². The molecular weight excluding hydrogens is 563 g/mol. The molecule has 1 aromatic heterocycles. The van der Waals surface area contributed by atoms with Crippen molar-refractivity contribution in [2.75, 3.05) is 29.5 Å². The molecule has 4 aliphatic rings. The highest BCUT2D eigenvalue weighted by Gasteiger charge is 2.48. The number of anilines is 1. The average molecular weight is 608 g/mol. The molecule has 2 saturated heterocycles. The van der Waals surface area contributed by atoms with Gasteiger partial charge in [0.2, 0.25) is 5.89 Å². The quantitative estimate of drug-likeness (QED) is 0.316. The Morgan fingerprint density at radius 2 is 1.71 bits per heavy atom. The van der Waals surface area contributed by atoms with Gasteiger partial charge in [-0.15, -0.1) is 0 Å². The predicted octanol–water partition coefficient (Wildman–Crippen LogP) is 6.87. The minimum atomic E-state index is -2.94. The highest BCUT2D eigenvalue weighted by atomic mass is 32.2. The van der Waals surface area contributed by atoms with Crippen LogP contribution in [0.25, 0.3) is 11.3 Å². The number of hydrogen-bond acceptors (Lipinski definition) is 7. The van der Waals surface area contributed by atoms with Gasteiger partial charge in [0.1, 0.15) is 17.2 Å². The maximum atomic E-state index is 13.7. The lowest BCUT2D eigenvalue weighted by atomic mass is 9.73. The second-order valence-electron chi connectivity index (χ2n) is 14.7. The number of benzene rings is 1. The minimum Gasteiger partial charge on any atom is -0.444 e. The van der Waals surface area contributed by atoms with Gasteiger partial charge in [-0.1, -0.05) is 57.1 Å². The van der Waals surface area contributed by atoms with Crippen molar-refractivity contribution in [3.05, 3.63) is 35.9 Å². The van der Waals surface area contributed by atoms with E-state index in [1.807, 2.05) is 0 Å². The van der Waals surface area contributed by atoms with E-state index in [4.69, 9.17) is 9.40 Å². The number of aromatic nitrogens is 1. The molecule has 0 N–H and O–H groups in total. The van der Waals surface area contributed by atoms with Crippen molar-refractivity contribution in [3.63, 3.8) is 0 Å². The zero-order chi connectivity index (χ0) is 29.8. The Kier molecular flexibility index (Phi) is 7.70. The third-order valence-corrected chi connectivity index (χ3v) is 15.7. The van der Waals surface area contributed by atoms with Crippen molar-refractivity contribution in [3.8, 4) is 17.3 Å². The van der Waals surface area contributed by atoms with Crippen molar-refractivity contribution in [1.82, 2.24) is 4.98 Å². The Balaban J connectivity index is 1.34. The molecule has 2 atom stereocenters. The number of nitrogens with zero attached hydrogens (tertiary/aromatic N) is 3. The summed E-state index contributed by atoms with van der Waals surface area (Å²) in [6.45, 7) is 8.27. The predicted molar refractivity (Wildman–Crippen MR) is 168 cm³/mol. The van der Waals surface area contributed by atoms with Crippen LogP contribution in [0.15, 0.2) is 28.7 Å². The molecule has 0 bridgehead atoms. The number of carbonyl (C=O) groups excluding carboxylic acids is 1. The fraction of sp³-hybridized carbons (Fsp3) is 0.667. The minimum absolute atomic E-state index is 0.0259. The maximum absolute atomic E-state index is 13.7. The van der Waals surface area contributed by atoms with Gasteiger partial charge in [-0.3, -0.25) is 4.79 Å². The molecule has 0 unspecified atom stereocenters. The Morgan fingerprint density at radius 1 is 1.07 bits per heavy atom. The van der Waals surface area contributed by atoms with E-state index in [9.17, 15) is 18.5 Å². The first-order valence-corrected chi connectivity index (χ1v) is 21.2. The molecule has 1 aromatic carbocycles. The van der Waals surface area contributed by atoms with Gasteiger partial charge in [-0.25, -0.2) is 13.4 Å². The molecule has 42 heavy (non-hydrogen) atoms. The van der Waals surface area contributed by atoms with Crippen LogP contribution in [0.2, 0.25) is 25.2 Å². The number of nitriles is 1. The van der Waals surface area contributed by atoms with E-state index in [0.29, 0.717) is 19.5 Å². The summed E-state index contributed by atoms with van der Waals surface area (Å²) >= 11 is 0. The average Bonchev–Trinajstić information content (AvgIpc) is 3.60. The molecule has 0 amide bonds. The molecule has 9 heteroatoms. The number of carbonyl (C=O) groups is 1. The fourth-order valence-electron chi connectivity index (χ4n) is 7.32. The summed E-state index contributed by atoms with van der Waals surface area (Å²) in [4.78, 5) is 21.1. The van der Waals surface area contributed by atoms with Gasteiger partial charge < -0.3 is 9.32 Å². The molecule has 0 radical (unpaired) electrons. The molecule has 7 nitrogen and oxygen atoms in total. The van der Waals surface area contributed by atoms with Crippen LogP contribution in [0.3, 0.4) is 0 Å². The number of Topliss-reactive ketones (excluding diaryl/α,β-unsaturated/α-hetero) is 1. The van der Waals surface area contributed by atoms with Gasteiger partial charge in [0.05, 0.1) is 23.0 Å². The molecule has 0 spiro atoms. The topological polar surface area (TPSA) is 104 Å². The third kappa shape index (κ3) is 5.99. The first-order chi connectivity index (χ1) is 19.9. The van der Waals surface area contributed by atoms with E-state index in [0.717, 1.165) is 80.0 Å². The first-order valence-electron chi connectivity index (χ1n) is 15.9. The first kappa shape index (κ1) is 29.6. The van der Waals surface area contributed by atoms with Gasteiger partial charge >= 0.3 is 0 Å². The molecule has 2 saturated carbocycles. The van der Waals surface area contributed by atoms with Crippen molar-refractivity contribution >= 4 is 29.4 Å². The van der Waals surface area contributed by atoms with Crippen molar-refractivity contribution in [2.45, 2.75) is 101 Å². The van der Waals surface area contributed by atoms with Crippen molar-refractivity contribution in [2.24, 2.45) is 11.3 Å². The van der Waals surface area contributed by atoms with E-state index in [1.54, 1.807) is 0 Å². The number of hydrogen-bond donors (Lipinski definition) is 0. The van der Waals surface area contributed by atoms with E-state index in [1.165, 1.54) is 12.1 Å². The van der Waals surface area contributed by atoms with Gasteiger partial charge in [0, 0.05) is 56.1 Å². The normalized spacial score (nSPS) is 27.6. The molecule has 2 aliphatic heterocycles. The highest BCUT2D eigenvalue weighted by Crippen LogP contribution is 2.52. The van der Waals surface area contributed by atoms with E-state index in [2.05, 4.69) is 55.3 Å². The van der Waals surface area contributed by atoms with Gasteiger partial charge in [-0.2, -0.15) is 5.26 Å². The second-order valence-corrected chi connectivity index (χ2v) is 22.3.